The summed E-state index contributed by atoms with van der Waals surface area (Å²) in [5.41, 5.74) is 0.909. The average molecular weight is 735 g/mol. The standard InChI is InChI=1S/C31H34F3IO5S2/c1-3-40-30(36)28-25-18-21(27(28)29(31(32,33)34)42(37,38)39)17-24(25)20-13-15-23(16-14-20)41(35,22-10-5-4-6-11-22)26-12-8-7-9-19(26)2/h4-8,10-16,19,21,24-25,27-29H,3,9,17-18H2,1-2H3,(H,37,38,39). The molecule has 0 aliphatic heterocycles. The van der Waals surface area contributed by atoms with Crippen molar-refractivity contribution in [1.29, 1.82) is 0 Å². The molecule has 8 unspecified atom stereocenters. The molecule has 2 fully saturated rings. The van der Waals surface area contributed by atoms with Crippen molar-refractivity contribution in [2.24, 2.45) is 29.6 Å². The maximum atomic E-state index is 14.0. The third-order valence-electron chi connectivity index (χ3n) is 9.02. The van der Waals surface area contributed by atoms with Gasteiger partial charge in [-0.3, -0.25) is 9.35 Å². The number of halogens is 4. The highest BCUT2D eigenvalue weighted by atomic mass is 127. The van der Waals surface area contributed by atoms with E-state index in [4.69, 9.17) is 4.74 Å². The number of allylic oxidation sites excluding steroid dienone is 4. The summed E-state index contributed by atoms with van der Waals surface area (Å²) in [6.45, 7) is 3.75. The number of benzene rings is 2. The van der Waals surface area contributed by atoms with E-state index in [0.717, 1.165) is 16.9 Å². The van der Waals surface area contributed by atoms with Gasteiger partial charge in [0.1, 0.15) is 0 Å². The Labute approximate surface area is 258 Å². The predicted molar refractivity (Wildman–Crippen MR) is 166 cm³/mol. The van der Waals surface area contributed by atoms with Crippen molar-refractivity contribution in [1.82, 2.24) is 0 Å². The van der Waals surface area contributed by atoms with Crippen molar-refractivity contribution in [3.63, 3.8) is 0 Å². The van der Waals surface area contributed by atoms with Gasteiger partial charge >= 0.3 is 12.1 Å². The summed E-state index contributed by atoms with van der Waals surface area (Å²) < 4.78 is 80.8. The molecule has 0 aromatic heterocycles. The summed E-state index contributed by atoms with van der Waals surface area (Å²) in [6, 6.07) is 18.6. The van der Waals surface area contributed by atoms with Gasteiger partial charge in [0, 0.05) is 15.7 Å². The van der Waals surface area contributed by atoms with Crippen LogP contribution in [-0.2, 0) is 19.6 Å². The molecule has 0 radical (unpaired) electrons. The van der Waals surface area contributed by atoms with Gasteiger partial charge in [0.15, 0.2) is 5.25 Å². The predicted octanol–water partition coefficient (Wildman–Crippen LogP) is 8.48. The number of hydrogen-bond donors (Lipinski definition) is 1. The largest absolute Gasteiger partial charge is 0.466 e. The van der Waals surface area contributed by atoms with Crippen LogP contribution in [0.25, 0.3) is 0 Å². The zero-order valence-electron chi connectivity index (χ0n) is 23.2. The lowest BCUT2D eigenvalue weighted by Gasteiger charge is -2.41. The first kappa shape index (κ1) is 31.6. The zero-order valence-corrected chi connectivity index (χ0v) is 27.0. The maximum absolute atomic E-state index is 14.0. The van der Waals surface area contributed by atoms with Crippen LogP contribution in [0.3, 0.4) is 0 Å². The summed E-state index contributed by atoms with van der Waals surface area (Å²) in [5, 5.41) is -3.02. The number of carbonyl (C=O) groups is 1. The van der Waals surface area contributed by atoms with Crippen LogP contribution < -0.4 is 0 Å². The van der Waals surface area contributed by atoms with Crippen LogP contribution in [0.15, 0.2) is 87.5 Å². The summed E-state index contributed by atoms with van der Waals surface area (Å²) >= 11 is 2.60. The zero-order chi connectivity index (χ0) is 30.4. The molecule has 8 atom stereocenters. The Bertz CT molecular complexity index is 1480. The molecule has 0 amide bonds. The number of fused-ring (bicyclic) bond motifs is 2. The van der Waals surface area contributed by atoms with E-state index in [1.807, 2.05) is 30.3 Å². The van der Waals surface area contributed by atoms with Gasteiger partial charge in [0.25, 0.3) is 10.1 Å². The van der Waals surface area contributed by atoms with Crippen molar-refractivity contribution in [2.75, 3.05) is 6.61 Å². The van der Waals surface area contributed by atoms with Gasteiger partial charge < -0.3 is 4.74 Å². The first-order valence-electron chi connectivity index (χ1n) is 14.0. The van der Waals surface area contributed by atoms with Gasteiger partial charge in [-0.1, -0.05) is 55.5 Å². The van der Waals surface area contributed by atoms with E-state index in [1.165, 1.54) is 9.80 Å². The van der Waals surface area contributed by atoms with Crippen molar-refractivity contribution in [3.05, 3.63) is 83.3 Å². The van der Waals surface area contributed by atoms with E-state index in [1.54, 1.807) is 6.92 Å². The minimum absolute atomic E-state index is 0.0369. The third kappa shape index (κ3) is 5.70. The molecule has 2 bridgehead atoms. The number of esters is 1. The highest BCUT2D eigenvalue weighted by molar-refractivity contribution is 14.2. The quantitative estimate of drug-likeness (QED) is 0.167. The van der Waals surface area contributed by atoms with Gasteiger partial charge in [0.2, 0.25) is 0 Å². The number of carbonyl (C=O) groups excluding carboxylic acids is 1. The average Bonchev–Trinajstić information content (AvgIpc) is 3.51. The van der Waals surface area contributed by atoms with Gasteiger partial charge in [-0.15, -0.1) is 7.20 Å². The van der Waals surface area contributed by atoms with Crippen LogP contribution in [-0.4, -0.2) is 37.0 Å². The van der Waals surface area contributed by atoms with Crippen molar-refractivity contribution in [2.45, 2.75) is 60.2 Å². The Hall–Kier alpha value is -1.83. The highest BCUT2D eigenvalue weighted by Gasteiger charge is 2.66. The molecule has 3 aliphatic carbocycles. The van der Waals surface area contributed by atoms with Crippen LogP contribution >= 0.6 is 28.4 Å². The molecule has 2 aromatic carbocycles. The fourth-order valence-electron chi connectivity index (χ4n) is 7.39. The van der Waals surface area contributed by atoms with E-state index < -0.39 is 58.4 Å². The first-order valence-corrected chi connectivity index (χ1v) is 19.7. The maximum Gasteiger partial charge on any atom is 0.408 e. The van der Waals surface area contributed by atoms with E-state index >= 15 is 0 Å². The molecule has 42 heavy (non-hydrogen) atoms. The fourth-order valence-corrected chi connectivity index (χ4v) is 14.8. The van der Waals surface area contributed by atoms with Gasteiger partial charge in [0.05, 0.1) is 12.5 Å². The number of ether oxygens (including phenoxy) is 1. The lowest BCUT2D eigenvalue weighted by molar-refractivity contribution is -0.163. The molecule has 0 saturated heterocycles. The van der Waals surface area contributed by atoms with Crippen molar-refractivity contribution in [3.8, 4) is 0 Å². The van der Waals surface area contributed by atoms with Crippen molar-refractivity contribution >= 4 is 44.5 Å². The second-order valence-electron chi connectivity index (χ2n) is 11.4. The number of rotatable bonds is 8. The molecule has 3 aliphatic rings. The smallest absolute Gasteiger partial charge is 0.408 e. The molecular weight excluding hydrogens is 700 g/mol. The summed E-state index contributed by atoms with van der Waals surface area (Å²) in [4.78, 5) is 16.8. The lowest BCUT2D eigenvalue weighted by atomic mass is 9.70. The summed E-state index contributed by atoms with van der Waals surface area (Å²) in [7, 11) is -7.09. The van der Waals surface area contributed by atoms with Crippen LogP contribution in [0.5, 0.6) is 0 Å². The highest BCUT2D eigenvalue weighted by Crippen LogP contribution is 2.76. The third-order valence-corrected chi connectivity index (χ3v) is 17.8. The van der Waals surface area contributed by atoms with Crippen LogP contribution in [0.4, 0.5) is 13.2 Å². The SMILES string of the molecule is CCOC(=O)C1C2CC(CC2c2ccc(S(I)(C3=CC=CCC3C)c3ccccc3)cc2)C1C(C(F)(F)F)S(=O)(=O)O. The molecule has 2 saturated carbocycles. The Kier molecular flexibility index (Phi) is 8.97. The fraction of sp³-hybridized carbons (Fsp3) is 0.452. The van der Waals surface area contributed by atoms with Gasteiger partial charge in [-0.2, -0.15) is 21.6 Å². The molecule has 0 heterocycles. The summed E-state index contributed by atoms with van der Waals surface area (Å²) in [5.74, 6) is -4.78. The second kappa shape index (κ2) is 11.9. The Morgan fingerprint density at radius 3 is 2.29 bits per heavy atom. The van der Waals surface area contributed by atoms with Crippen LogP contribution in [0.2, 0.25) is 0 Å². The molecule has 5 rings (SSSR count). The van der Waals surface area contributed by atoms with Gasteiger partial charge in [-0.05, 0) is 106 Å². The number of alkyl halides is 3. The second-order valence-corrected chi connectivity index (χ2v) is 19.4. The Morgan fingerprint density at radius 1 is 1.07 bits per heavy atom. The Balaban J connectivity index is 1.51. The molecule has 5 nitrogen and oxygen atoms in total. The molecule has 2 aromatic rings. The molecule has 11 heteroatoms. The minimum atomic E-state index is -5.50. The van der Waals surface area contributed by atoms with Crippen LogP contribution in [0, 0.1) is 29.6 Å². The molecule has 228 valence electrons. The normalized spacial score (nSPS) is 30.3. The molecule has 0 spiro atoms. The molecule has 1 N–H and O–H groups in total. The lowest BCUT2D eigenvalue weighted by Crippen LogP contribution is -2.50. The van der Waals surface area contributed by atoms with E-state index in [2.05, 4.69) is 70.6 Å². The minimum Gasteiger partial charge on any atom is -0.466 e. The van der Waals surface area contributed by atoms with Gasteiger partial charge in [-0.25, -0.2) is 0 Å². The van der Waals surface area contributed by atoms with E-state index in [-0.39, 0.29) is 18.9 Å². The topological polar surface area (TPSA) is 80.7 Å². The first-order chi connectivity index (χ1) is 19.8. The van der Waals surface area contributed by atoms with Crippen molar-refractivity contribution < 1.29 is 35.7 Å². The van der Waals surface area contributed by atoms with E-state index in [9.17, 15) is 30.9 Å². The van der Waals surface area contributed by atoms with E-state index in [0.29, 0.717) is 12.3 Å². The number of hydrogen-bond acceptors (Lipinski definition) is 4. The Morgan fingerprint density at radius 2 is 1.71 bits per heavy atom. The molecular formula is C31H34F3IO5S2. The monoisotopic (exact) mass is 734 g/mol. The summed E-state index contributed by atoms with van der Waals surface area (Å²) in [6.07, 6.45) is 2.81. The van der Waals surface area contributed by atoms with Crippen LogP contribution in [0.1, 0.15) is 44.6 Å².